The van der Waals surface area contributed by atoms with Gasteiger partial charge in [0.25, 0.3) is 5.91 Å². The molecule has 3 heterocycles. The normalized spacial score (nSPS) is 21.2. The van der Waals surface area contributed by atoms with Gasteiger partial charge in [0.1, 0.15) is 5.82 Å². The minimum atomic E-state index is 0.146. The van der Waals surface area contributed by atoms with Crippen LogP contribution in [0.1, 0.15) is 66.4 Å². The van der Waals surface area contributed by atoms with Gasteiger partial charge in [0.05, 0.1) is 23.5 Å². The van der Waals surface area contributed by atoms with Crippen LogP contribution in [-0.4, -0.2) is 43.2 Å². The predicted octanol–water partition coefficient (Wildman–Crippen LogP) is 2.53. The van der Waals surface area contributed by atoms with E-state index < -0.39 is 0 Å². The second kappa shape index (κ2) is 6.07. The van der Waals surface area contributed by atoms with Crippen molar-refractivity contribution in [3.05, 3.63) is 35.7 Å². The molecule has 0 spiro atoms. The molecule has 2 fully saturated rings. The van der Waals surface area contributed by atoms with E-state index in [1.807, 2.05) is 22.8 Å². The number of imidazole rings is 1. The molecule has 0 bridgehead atoms. The lowest BCUT2D eigenvalue weighted by molar-refractivity contribution is 0.0676. The van der Waals surface area contributed by atoms with Gasteiger partial charge in [0.2, 0.25) is 0 Å². The van der Waals surface area contributed by atoms with Crippen LogP contribution in [0.3, 0.4) is 0 Å². The van der Waals surface area contributed by atoms with E-state index in [4.69, 9.17) is 0 Å². The molecule has 1 saturated carbocycles. The van der Waals surface area contributed by atoms with E-state index in [1.54, 1.807) is 6.20 Å². The summed E-state index contributed by atoms with van der Waals surface area (Å²) in [5.74, 6) is 1.78. The summed E-state index contributed by atoms with van der Waals surface area (Å²) in [7, 11) is 1.95. The van der Waals surface area contributed by atoms with E-state index in [0.29, 0.717) is 12.0 Å². The Balaban J connectivity index is 1.55. The highest BCUT2D eigenvalue weighted by atomic mass is 16.2. The summed E-state index contributed by atoms with van der Waals surface area (Å²) in [6.07, 6.45) is 11.1. The highest BCUT2D eigenvalue weighted by molar-refractivity contribution is 5.95. The molecule has 6 nitrogen and oxygen atoms in total. The van der Waals surface area contributed by atoms with E-state index >= 15 is 0 Å². The van der Waals surface area contributed by atoms with Crippen molar-refractivity contribution >= 4 is 5.91 Å². The summed E-state index contributed by atoms with van der Waals surface area (Å²) < 4.78 is 4.14. The first-order chi connectivity index (χ1) is 11.7. The maximum absolute atomic E-state index is 13.1. The Labute approximate surface area is 142 Å². The zero-order valence-electron chi connectivity index (χ0n) is 14.5. The lowest BCUT2D eigenvalue weighted by Crippen LogP contribution is -2.41. The van der Waals surface area contributed by atoms with Crippen molar-refractivity contribution in [3.8, 4) is 0 Å². The van der Waals surface area contributed by atoms with Crippen LogP contribution >= 0.6 is 0 Å². The molecule has 1 atom stereocenters. The van der Waals surface area contributed by atoms with Crippen LogP contribution in [0.2, 0.25) is 0 Å². The third-order valence-corrected chi connectivity index (χ3v) is 5.32. The van der Waals surface area contributed by atoms with Gasteiger partial charge in [0.15, 0.2) is 0 Å². The number of hydrogen-bond donors (Lipinski definition) is 0. The molecule has 0 unspecified atom stereocenters. The lowest BCUT2D eigenvalue weighted by atomic mass is 10.0. The smallest absolute Gasteiger partial charge is 0.257 e. The molecule has 0 aromatic carbocycles. The summed E-state index contributed by atoms with van der Waals surface area (Å²) in [5, 5.41) is 4.34. The fraction of sp³-hybridized carbons (Fsp3) is 0.611. The number of amides is 1. The molecule has 1 amide bonds. The van der Waals surface area contributed by atoms with Crippen molar-refractivity contribution < 1.29 is 4.79 Å². The van der Waals surface area contributed by atoms with Crippen LogP contribution in [0.4, 0.5) is 0 Å². The average molecular weight is 327 g/mol. The van der Waals surface area contributed by atoms with E-state index in [0.717, 1.165) is 49.4 Å². The minimum Gasteiger partial charge on any atom is -0.336 e. The molecule has 6 heteroatoms. The third-order valence-electron chi connectivity index (χ3n) is 5.32. The molecule has 2 aromatic rings. The molecule has 24 heavy (non-hydrogen) atoms. The van der Waals surface area contributed by atoms with Gasteiger partial charge in [-0.1, -0.05) is 6.92 Å². The maximum atomic E-state index is 13.1. The van der Waals surface area contributed by atoms with Crippen molar-refractivity contribution in [2.75, 3.05) is 13.1 Å². The van der Waals surface area contributed by atoms with E-state index in [9.17, 15) is 4.79 Å². The lowest BCUT2D eigenvalue weighted by Gasteiger charge is -2.34. The molecule has 1 aliphatic heterocycles. The molecule has 128 valence electrons. The number of aromatic nitrogens is 4. The molecule has 1 aliphatic carbocycles. The zero-order valence-corrected chi connectivity index (χ0v) is 14.5. The average Bonchev–Trinajstić information content (AvgIpc) is 3.19. The van der Waals surface area contributed by atoms with Crippen LogP contribution in [0, 0.1) is 0 Å². The van der Waals surface area contributed by atoms with Crippen LogP contribution < -0.4 is 0 Å². The van der Waals surface area contributed by atoms with Gasteiger partial charge >= 0.3 is 0 Å². The van der Waals surface area contributed by atoms with Crippen LogP contribution in [0.5, 0.6) is 0 Å². The Morgan fingerprint density at radius 2 is 2.17 bits per heavy atom. The van der Waals surface area contributed by atoms with Crippen LogP contribution in [0.15, 0.2) is 18.6 Å². The molecule has 1 saturated heterocycles. The SMILES string of the molecule is CCc1nccn1[C@H]1CCCN(C(=O)c2cnn(C)c2C2CC2)C1. The van der Waals surface area contributed by atoms with Crippen molar-refractivity contribution in [2.24, 2.45) is 7.05 Å². The maximum Gasteiger partial charge on any atom is 0.257 e. The van der Waals surface area contributed by atoms with Crippen molar-refractivity contribution in [3.63, 3.8) is 0 Å². The standard InChI is InChI=1S/C18H25N5O/c1-3-16-19-8-10-23(16)14-5-4-9-22(12-14)18(24)15-11-20-21(2)17(15)13-6-7-13/h8,10-11,13-14H,3-7,9,12H2,1-2H3/t14-/m0/s1. The quantitative estimate of drug-likeness (QED) is 0.867. The van der Waals surface area contributed by atoms with Gasteiger partial charge in [-0.25, -0.2) is 4.98 Å². The predicted molar refractivity (Wildman–Crippen MR) is 91.0 cm³/mol. The zero-order chi connectivity index (χ0) is 16.7. The molecule has 2 aliphatic rings. The monoisotopic (exact) mass is 327 g/mol. The Morgan fingerprint density at radius 3 is 2.92 bits per heavy atom. The molecule has 0 radical (unpaired) electrons. The number of carbonyl (C=O) groups excluding carboxylic acids is 1. The number of rotatable bonds is 4. The van der Waals surface area contributed by atoms with E-state index in [1.165, 1.54) is 12.8 Å². The summed E-state index contributed by atoms with van der Waals surface area (Å²) in [6.45, 7) is 3.73. The van der Waals surface area contributed by atoms with Gasteiger partial charge in [0, 0.05) is 44.9 Å². The summed E-state index contributed by atoms with van der Waals surface area (Å²) in [6, 6.07) is 0.334. The van der Waals surface area contributed by atoms with Crippen LogP contribution in [-0.2, 0) is 13.5 Å². The van der Waals surface area contributed by atoms with Crippen LogP contribution in [0.25, 0.3) is 0 Å². The summed E-state index contributed by atoms with van der Waals surface area (Å²) in [5.41, 5.74) is 1.93. The van der Waals surface area contributed by atoms with E-state index in [2.05, 4.69) is 27.8 Å². The van der Waals surface area contributed by atoms with Crippen molar-refractivity contribution in [2.45, 2.75) is 51.0 Å². The molecule has 0 N–H and O–H groups in total. The fourth-order valence-electron chi connectivity index (χ4n) is 3.94. The Morgan fingerprint density at radius 1 is 1.33 bits per heavy atom. The van der Waals surface area contributed by atoms with Gasteiger partial charge < -0.3 is 9.47 Å². The number of aryl methyl sites for hydroxylation is 2. The number of hydrogen-bond acceptors (Lipinski definition) is 3. The highest BCUT2D eigenvalue weighted by Crippen LogP contribution is 2.41. The van der Waals surface area contributed by atoms with Gasteiger partial charge in [-0.2, -0.15) is 5.10 Å². The molecule has 4 rings (SSSR count). The highest BCUT2D eigenvalue weighted by Gasteiger charge is 2.34. The summed E-state index contributed by atoms with van der Waals surface area (Å²) >= 11 is 0. The largest absolute Gasteiger partial charge is 0.336 e. The second-order valence-electron chi connectivity index (χ2n) is 6.99. The topological polar surface area (TPSA) is 56.0 Å². The number of nitrogens with zero attached hydrogens (tertiary/aromatic N) is 5. The van der Waals surface area contributed by atoms with Crippen molar-refractivity contribution in [1.29, 1.82) is 0 Å². The van der Waals surface area contributed by atoms with E-state index in [-0.39, 0.29) is 5.91 Å². The molecule has 2 aromatic heterocycles. The first-order valence-electron chi connectivity index (χ1n) is 9.02. The number of likely N-dealkylation sites (tertiary alicyclic amines) is 1. The summed E-state index contributed by atoms with van der Waals surface area (Å²) in [4.78, 5) is 19.5. The molecular weight excluding hydrogens is 302 g/mol. The first kappa shape index (κ1) is 15.4. The first-order valence-corrected chi connectivity index (χ1v) is 9.02. The Kier molecular flexibility index (Phi) is 3.90. The Hall–Kier alpha value is -2.11. The third kappa shape index (κ3) is 2.64. The fourth-order valence-corrected chi connectivity index (χ4v) is 3.94. The number of carbonyl (C=O) groups is 1. The number of piperidine rings is 1. The van der Waals surface area contributed by atoms with Gasteiger partial charge in [-0.05, 0) is 25.7 Å². The van der Waals surface area contributed by atoms with Gasteiger partial charge in [-0.3, -0.25) is 9.48 Å². The second-order valence-corrected chi connectivity index (χ2v) is 6.99. The minimum absolute atomic E-state index is 0.146. The van der Waals surface area contributed by atoms with Crippen molar-refractivity contribution in [1.82, 2.24) is 24.2 Å². The Bertz CT molecular complexity index is 742. The van der Waals surface area contributed by atoms with Gasteiger partial charge in [-0.15, -0.1) is 0 Å². The molecular formula is C18H25N5O.